The van der Waals surface area contributed by atoms with Crippen LogP contribution in [0, 0.1) is 0 Å². The van der Waals surface area contributed by atoms with Crippen LogP contribution in [-0.4, -0.2) is 140 Å². The summed E-state index contributed by atoms with van der Waals surface area (Å²) in [5.74, 6) is -0.260. The number of aliphatic hydroxyl groups excluding tert-OH is 8. The Morgan fingerprint density at radius 3 is 1.09 bits per heavy atom. The summed E-state index contributed by atoms with van der Waals surface area (Å²) in [6.45, 7) is 2.70. The Bertz CT molecular complexity index is 2100. The van der Waals surface area contributed by atoms with E-state index in [2.05, 4.69) is 129 Å². The van der Waals surface area contributed by atoms with Gasteiger partial charge in [-0.05, 0) is 89.9 Å². The average Bonchev–Trinajstić information content (AvgIpc) is 0.794. The minimum atomic E-state index is -1.80. The monoisotopic (exact) mass is 1360 g/mol. The number of aliphatic hydroxyl groups is 8. The molecular weight excluding hydrogens is 1220 g/mol. The normalized spacial score (nSPS) is 22.8. The lowest BCUT2D eigenvalue weighted by Gasteiger charge is -2.46. The van der Waals surface area contributed by atoms with Gasteiger partial charge in [-0.15, -0.1) is 0 Å². The van der Waals surface area contributed by atoms with Crippen LogP contribution in [0.5, 0.6) is 0 Å². The molecule has 12 unspecified atom stereocenters. The number of amides is 1. The van der Waals surface area contributed by atoms with E-state index in [1.165, 1.54) is 167 Å². The van der Waals surface area contributed by atoms with Gasteiger partial charge in [-0.2, -0.15) is 0 Å². The van der Waals surface area contributed by atoms with Crippen LogP contribution in [0.2, 0.25) is 0 Å². The molecule has 2 fully saturated rings. The highest BCUT2D eigenvalue weighted by molar-refractivity contribution is 5.76. The fraction of sp³-hybridized carbons (Fsp3) is 0.747. The van der Waals surface area contributed by atoms with E-state index in [0.717, 1.165) is 109 Å². The quantitative estimate of drug-likeness (QED) is 0.0204. The molecular formula is C83H143NO13. The van der Waals surface area contributed by atoms with Gasteiger partial charge in [-0.3, -0.25) is 4.79 Å². The smallest absolute Gasteiger partial charge is 0.220 e. The van der Waals surface area contributed by atoms with Crippen molar-refractivity contribution in [2.75, 3.05) is 19.8 Å². The lowest BCUT2D eigenvalue weighted by atomic mass is 9.97. The molecule has 12 atom stereocenters. The lowest BCUT2D eigenvalue weighted by molar-refractivity contribution is -0.359. The molecule has 0 bridgehead atoms. The van der Waals surface area contributed by atoms with Crippen LogP contribution >= 0.6 is 0 Å². The zero-order valence-electron chi connectivity index (χ0n) is 61.0. The van der Waals surface area contributed by atoms with Crippen LogP contribution in [0.4, 0.5) is 0 Å². The second-order valence-electron chi connectivity index (χ2n) is 27.1. The van der Waals surface area contributed by atoms with Gasteiger partial charge >= 0.3 is 0 Å². The van der Waals surface area contributed by atoms with E-state index in [9.17, 15) is 45.6 Å². The molecule has 2 heterocycles. The molecule has 9 N–H and O–H groups in total. The number of unbranched alkanes of at least 4 members (excludes halogenated alkanes) is 33. The van der Waals surface area contributed by atoms with Gasteiger partial charge in [0.25, 0.3) is 0 Å². The summed E-state index contributed by atoms with van der Waals surface area (Å²) in [5, 5.41) is 87.7. The van der Waals surface area contributed by atoms with Crippen molar-refractivity contribution in [3.8, 4) is 0 Å². The summed E-state index contributed by atoms with van der Waals surface area (Å²) in [4.78, 5) is 13.4. The topological polar surface area (TPSA) is 228 Å². The van der Waals surface area contributed by atoms with E-state index in [1.54, 1.807) is 6.08 Å². The summed E-state index contributed by atoms with van der Waals surface area (Å²) in [6, 6.07) is -0.937. The SMILES string of the molecule is CC/C=C\C/C=C\C/C=C\C/C=C\C/C=C\C/C=C\C/C=C\C/C=C\C/C=C\CCCCCCCC(=O)NC(COC1OC(CO)C(OC2OC(CO)C(O)C(O)C2O)C(O)C1O)C(O)/C=C/CCCCCCCCCCCCCCCCCCCCCCCCCCCCCC. The van der Waals surface area contributed by atoms with Gasteiger partial charge in [0.15, 0.2) is 12.6 Å². The number of rotatable bonds is 64. The number of carbonyl (C=O) groups excluding carboxylic acids is 1. The molecule has 0 radical (unpaired) electrons. The van der Waals surface area contributed by atoms with Gasteiger partial charge in [0.1, 0.15) is 48.8 Å². The second-order valence-corrected chi connectivity index (χ2v) is 27.1. The highest BCUT2D eigenvalue weighted by atomic mass is 16.7. The van der Waals surface area contributed by atoms with E-state index in [0.29, 0.717) is 6.42 Å². The Morgan fingerprint density at radius 1 is 0.381 bits per heavy atom. The molecule has 0 saturated carbocycles. The first kappa shape index (κ1) is 89.5. The molecule has 14 nitrogen and oxygen atoms in total. The van der Waals surface area contributed by atoms with E-state index in [4.69, 9.17) is 18.9 Å². The van der Waals surface area contributed by atoms with Crippen molar-refractivity contribution in [2.45, 2.75) is 376 Å². The molecule has 2 rings (SSSR count). The number of nitrogens with one attached hydrogen (secondary N) is 1. The van der Waals surface area contributed by atoms with E-state index in [-0.39, 0.29) is 18.9 Å². The van der Waals surface area contributed by atoms with Crippen molar-refractivity contribution >= 4 is 5.91 Å². The largest absolute Gasteiger partial charge is 0.394 e. The third-order valence-electron chi connectivity index (χ3n) is 18.4. The maximum atomic E-state index is 13.4. The minimum Gasteiger partial charge on any atom is -0.394 e. The van der Waals surface area contributed by atoms with Gasteiger partial charge in [0.2, 0.25) is 5.91 Å². The molecule has 0 aromatic heterocycles. The van der Waals surface area contributed by atoms with Crippen LogP contribution in [0.1, 0.15) is 303 Å². The van der Waals surface area contributed by atoms with Crippen LogP contribution < -0.4 is 5.32 Å². The first-order valence-corrected chi connectivity index (χ1v) is 39.3. The highest BCUT2D eigenvalue weighted by Crippen LogP contribution is 2.30. The molecule has 0 aromatic rings. The molecule has 2 saturated heterocycles. The number of hydrogen-bond donors (Lipinski definition) is 9. The zero-order valence-corrected chi connectivity index (χ0v) is 61.0. The molecule has 2 aliphatic heterocycles. The van der Waals surface area contributed by atoms with Crippen LogP contribution in [0.15, 0.2) is 122 Å². The van der Waals surface area contributed by atoms with Gasteiger partial charge in [0, 0.05) is 6.42 Å². The first-order chi connectivity index (χ1) is 47.6. The van der Waals surface area contributed by atoms with Crippen molar-refractivity contribution in [1.29, 1.82) is 0 Å². The summed E-state index contributed by atoms with van der Waals surface area (Å²) >= 11 is 0. The Kier molecular flexibility index (Phi) is 60.6. The van der Waals surface area contributed by atoms with Gasteiger partial charge in [-0.25, -0.2) is 0 Å². The molecule has 2 aliphatic rings. The van der Waals surface area contributed by atoms with Crippen LogP contribution in [0.25, 0.3) is 0 Å². The third kappa shape index (κ3) is 48.8. The van der Waals surface area contributed by atoms with Gasteiger partial charge < -0.3 is 65.1 Å². The van der Waals surface area contributed by atoms with Crippen molar-refractivity contribution in [3.63, 3.8) is 0 Å². The molecule has 0 aromatic carbocycles. The number of hydrogen-bond acceptors (Lipinski definition) is 13. The van der Waals surface area contributed by atoms with Crippen LogP contribution in [-0.2, 0) is 23.7 Å². The predicted molar refractivity (Wildman–Crippen MR) is 401 cm³/mol. The van der Waals surface area contributed by atoms with Crippen molar-refractivity contribution in [3.05, 3.63) is 122 Å². The lowest BCUT2D eigenvalue weighted by Crippen LogP contribution is -2.65. The summed E-state index contributed by atoms with van der Waals surface area (Å²) in [7, 11) is 0. The van der Waals surface area contributed by atoms with E-state index in [1.807, 2.05) is 6.08 Å². The zero-order chi connectivity index (χ0) is 70.1. The Balaban J connectivity index is 1.67. The van der Waals surface area contributed by atoms with Crippen LogP contribution in [0.3, 0.4) is 0 Å². The summed E-state index contributed by atoms with van der Waals surface area (Å²) in [6.07, 6.45) is 79.7. The van der Waals surface area contributed by atoms with Crippen molar-refractivity contribution < 1.29 is 64.6 Å². The standard InChI is InChI=1S/C83H143NO13/c1-3-5-7-9-11-13-15-17-19-21-23-25-27-29-31-33-35-36-37-39-41-43-45-47-49-51-53-55-57-59-61-63-65-67-75(88)84-71(70-94-82-80(93)78(91)81(74(69-86)96-82)97-83-79(92)77(90)76(89)73(68-85)95-83)72(87)66-64-62-60-58-56-54-52-50-48-46-44-42-40-38-34-32-30-28-26-24-22-20-18-16-14-12-10-8-6-4-2/h5,7,11,13,17,19,23,25,29,31,35-36,39,41,45,47,51,53,64,66,71-74,76-83,85-87,89-93H,3-4,6,8-10,12,14-16,18,20-22,24,26-28,30,32-34,37-38,40,42-44,46,48-50,52,54-63,65,67-70H2,1-2H3,(H,84,88)/b7-5-,13-11-,19-17-,25-23-,31-29-,36-35-,41-39-,47-45-,53-51-,66-64+. The van der Waals surface area contributed by atoms with Crippen molar-refractivity contribution in [2.24, 2.45) is 0 Å². The Morgan fingerprint density at radius 2 is 0.711 bits per heavy atom. The first-order valence-electron chi connectivity index (χ1n) is 39.3. The molecule has 0 spiro atoms. The highest BCUT2D eigenvalue weighted by Gasteiger charge is 2.51. The Hall–Kier alpha value is -3.61. The maximum absolute atomic E-state index is 13.4. The predicted octanol–water partition coefficient (Wildman–Crippen LogP) is 17.6. The number of carbonyl (C=O) groups is 1. The van der Waals surface area contributed by atoms with Gasteiger partial charge in [0.05, 0.1) is 32.0 Å². The summed E-state index contributed by atoms with van der Waals surface area (Å²) in [5.41, 5.74) is 0. The molecule has 14 heteroatoms. The van der Waals surface area contributed by atoms with Gasteiger partial charge in [-0.1, -0.05) is 328 Å². The third-order valence-corrected chi connectivity index (χ3v) is 18.4. The molecule has 558 valence electrons. The van der Waals surface area contributed by atoms with Crippen molar-refractivity contribution in [1.82, 2.24) is 5.32 Å². The fourth-order valence-electron chi connectivity index (χ4n) is 12.2. The second kappa shape index (κ2) is 65.7. The fourth-order valence-corrected chi connectivity index (χ4v) is 12.2. The average molecular weight is 1360 g/mol. The van der Waals surface area contributed by atoms with E-state index < -0.39 is 86.8 Å². The van der Waals surface area contributed by atoms with E-state index >= 15 is 0 Å². The number of ether oxygens (including phenoxy) is 4. The minimum absolute atomic E-state index is 0.251. The number of allylic oxidation sites excluding steroid dienone is 19. The Labute approximate surface area is 590 Å². The summed E-state index contributed by atoms with van der Waals surface area (Å²) < 4.78 is 22.9. The molecule has 0 aliphatic carbocycles. The molecule has 1 amide bonds. The molecule has 97 heavy (non-hydrogen) atoms. The maximum Gasteiger partial charge on any atom is 0.220 e.